The van der Waals surface area contributed by atoms with Gasteiger partial charge in [0, 0.05) is 6.08 Å². The van der Waals surface area contributed by atoms with Crippen molar-refractivity contribution >= 4 is 23.9 Å². The second-order valence-corrected chi connectivity index (χ2v) is 2.94. The Labute approximate surface area is 178 Å². The first kappa shape index (κ1) is 33.6. The first-order chi connectivity index (χ1) is 9.61. The minimum atomic E-state index is -1.52. The number of carbonyl (C=O) groups is 4. The standard InChI is InChI=1S/C5H6O4.C5H8O2.C3H4O2.2Na/c1-3(5(8)9)2-4(6)7;1-3-5(6)7-4-2;1-2-3(4)5;;/h1-2H2,(H,6,7)(H,8,9);3H,1,4H2,2H3;2H,1H2,(H,4,5);;/q;;;2*+1/p-2. The van der Waals surface area contributed by atoms with Crippen molar-refractivity contribution < 1.29 is 98.3 Å². The Morgan fingerprint density at radius 3 is 1.57 bits per heavy atom. The van der Waals surface area contributed by atoms with Gasteiger partial charge in [-0.25, -0.2) is 4.79 Å². The summed E-state index contributed by atoms with van der Waals surface area (Å²) in [6, 6.07) is 0. The molecule has 0 saturated heterocycles. The Hall–Kier alpha value is -0.900. The van der Waals surface area contributed by atoms with E-state index in [-0.39, 0.29) is 65.1 Å². The summed E-state index contributed by atoms with van der Waals surface area (Å²) in [5, 5.41) is 26.9. The van der Waals surface area contributed by atoms with E-state index in [0.29, 0.717) is 6.61 Å². The van der Waals surface area contributed by atoms with Crippen LogP contribution in [-0.2, 0) is 23.9 Å². The first-order valence-electron chi connectivity index (χ1n) is 5.35. The van der Waals surface area contributed by atoms with E-state index in [1.54, 1.807) is 6.92 Å². The molecule has 0 unspecified atom stereocenters. The molecule has 0 aromatic carbocycles. The van der Waals surface area contributed by atoms with Crippen molar-refractivity contribution in [3.8, 4) is 0 Å². The predicted molar refractivity (Wildman–Crippen MR) is 68.4 cm³/mol. The van der Waals surface area contributed by atoms with Crippen LogP contribution < -0.4 is 69.3 Å². The molecular weight excluding hydrogens is 330 g/mol. The molecule has 0 saturated carbocycles. The van der Waals surface area contributed by atoms with E-state index in [1.807, 2.05) is 0 Å². The fourth-order valence-corrected chi connectivity index (χ4v) is 0.456. The van der Waals surface area contributed by atoms with Crippen LogP contribution in [0.15, 0.2) is 37.5 Å². The van der Waals surface area contributed by atoms with Crippen molar-refractivity contribution in [1.29, 1.82) is 0 Å². The first-order valence-corrected chi connectivity index (χ1v) is 5.35. The number of aliphatic carboxylic acids is 3. The molecule has 0 aromatic rings. The molecule has 0 aliphatic rings. The van der Waals surface area contributed by atoms with Gasteiger partial charge < -0.3 is 29.6 Å². The summed E-state index contributed by atoms with van der Waals surface area (Å²) in [7, 11) is 0. The molecule has 0 rings (SSSR count). The third kappa shape index (κ3) is 38.7. The zero-order chi connectivity index (χ0) is 17.4. The van der Waals surface area contributed by atoms with Gasteiger partial charge in [0.25, 0.3) is 0 Å². The van der Waals surface area contributed by atoms with Crippen molar-refractivity contribution in [2.75, 3.05) is 6.61 Å². The molecule has 0 aliphatic heterocycles. The molecule has 0 heterocycles. The maximum atomic E-state index is 10.1. The van der Waals surface area contributed by atoms with E-state index in [4.69, 9.17) is 15.0 Å². The van der Waals surface area contributed by atoms with Gasteiger partial charge in [-0.3, -0.25) is 4.79 Å². The van der Waals surface area contributed by atoms with Crippen LogP contribution in [0.5, 0.6) is 0 Å². The zero-order valence-electron chi connectivity index (χ0n) is 13.5. The van der Waals surface area contributed by atoms with Crippen molar-refractivity contribution in [3.05, 3.63) is 37.5 Å². The van der Waals surface area contributed by atoms with Crippen LogP contribution in [0.25, 0.3) is 0 Å². The second-order valence-electron chi connectivity index (χ2n) is 2.94. The van der Waals surface area contributed by atoms with Crippen LogP contribution in [-0.4, -0.2) is 35.6 Å². The number of rotatable bonds is 6. The van der Waals surface area contributed by atoms with Crippen molar-refractivity contribution in [1.82, 2.24) is 0 Å². The maximum Gasteiger partial charge on any atom is 1.00 e. The fourth-order valence-electron chi connectivity index (χ4n) is 0.456. The van der Waals surface area contributed by atoms with Crippen LogP contribution in [0.3, 0.4) is 0 Å². The van der Waals surface area contributed by atoms with Gasteiger partial charge in [-0.15, -0.1) is 0 Å². The normalized spacial score (nSPS) is 7.00. The number of carbonyl (C=O) groups excluding carboxylic acids is 3. The van der Waals surface area contributed by atoms with Crippen LogP contribution >= 0.6 is 0 Å². The zero-order valence-corrected chi connectivity index (χ0v) is 17.5. The summed E-state index contributed by atoms with van der Waals surface area (Å²) in [5.41, 5.74) is -0.414. The molecule has 0 atom stereocenters. The Morgan fingerprint density at radius 2 is 1.48 bits per heavy atom. The van der Waals surface area contributed by atoms with Gasteiger partial charge in [-0.2, -0.15) is 0 Å². The van der Waals surface area contributed by atoms with Gasteiger partial charge >= 0.3 is 71.1 Å². The summed E-state index contributed by atoms with van der Waals surface area (Å²) in [6.07, 6.45) is 1.30. The molecule has 10 heteroatoms. The minimum Gasteiger partial charge on any atom is -0.545 e. The topological polar surface area (TPSA) is 144 Å². The number of hydrogen-bond donors (Lipinski definition) is 1. The summed E-state index contributed by atoms with van der Waals surface area (Å²) in [4.78, 5) is 38.7. The molecule has 0 radical (unpaired) electrons. The van der Waals surface area contributed by atoms with Crippen molar-refractivity contribution in [3.63, 3.8) is 0 Å². The van der Waals surface area contributed by atoms with E-state index in [1.165, 1.54) is 0 Å². The van der Waals surface area contributed by atoms with E-state index in [2.05, 4.69) is 24.5 Å². The molecule has 1 N–H and O–H groups in total. The number of carboxylic acids is 3. The van der Waals surface area contributed by atoms with Crippen LogP contribution in [0.4, 0.5) is 0 Å². The van der Waals surface area contributed by atoms with E-state index < -0.39 is 29.9 Å². The molecule has 118 valence electrons. The molecule has 23 heavy (non-hydrogen) atoms. The van der Waals surface area contributed by atoms with E-state index in [9.17, 15) is 19.5 Å². The number of hydrogen-bond acceptors (Lipinski definition) is 7. The third-order valence-electron chi connectivity index (χ3n) is 1.27. The molecule has 0 fully saturated rings. The van der Waals surface area contributed by atoms with Crippen molar-refractivity contribution in [2.24, 2.45) is 0 Å². The molecule has 0 aromatic heterocycles. The molecular formula is C13H16Na2O8. The summed E-state index contributed by atoms with van der Waals surface area (Å²) >= 11 is 0. The van der Waals surface area contributed by atoms with Crippen LogP contribution in [0, 0.1) is 0 Å². The Balaban J connectivity index is -0.0000000701. The molecule has 0 spiro atoms. The average molecular weight is 346 g/mol. The predicted octanol–water partition coefficient (Wildman–Crippen LogP) is -7.57. The Morgan fingerprint density at radius 1 is 1.09 bits per heavy atom. The minimum absolute atomic E-state index is 0. The van der Waals surface area contributed by atoms with Gasteiger partial charge in [-0.05, 0) is 18.6 Å². The smallest absolute Gasteiger partial charge is 0.545 e. The van der Waals surface area contributed by atoms with E-state index in [0.717, 1.165) is 12.2 Å². The summed E-state index contributed by atoms with van der Waals surface area (Å²) in [6.45, 7) is 11.2. The SMILES string of the molecule is C=C(CC(=O)O)C(=O)[O-].C=CC(=O)OCC.C=CC(=O)[O-].[Na+].[Na+]. The number of carboxylic acid groups (broad SMARTS) is 3. The Kier molecular flexibility index (Phi) is 34.2. The monoisotopic (exact) mass is 346 g/mol. The summed E-state index contributed by atoms with van der Waals surface area (Å²) < 4.78 is 4.43. The van der Waals surface area contributed by atoms with Gasteiger partial charge in [0.05, 0.1) is 25.0 Å². The Bertz CT molecular complexity index is 418. The fraction of sp³-hybridized carbons (Fsp3) is 0.231. The van der Waals surface area contributed by atoms with Crippen molar-refractivity contribution in [2.45, 2.75) is 13.3 Å². The quantitative estimate of drug-likeness (QED) is 0.284. The van der Waals surface area contributed by atoms with E-state index >= 15 is 0 Å². The van der Waals surface area contributed by atoms with Gasteiger partial charge in [0.2, 0.25) is 0 Å². The second kappa shape index (κ2) is 23.4. The van der Waals surface area contributed by atoms with Crippen LogP contribution in [0.1, 0.15) is 13.3 Å². The van der Waals surface area contributed by atoms with Gasteiger partial charge in [0.15, 0.2) is 0 Å². The molecule has 0 amide bonds. The average Bonchev–Trinajstić information content (AvgIpc) is 2.39. The maximum absolute atomic E-state index is 10.1. The third-order valence-corrected chi connectivity index (χ3v) is 1.27. The van der Waals surface area contributed by atoms with Gasteiger partial charge in [0.1, 0.15) is 0 Å². The molecule has 0 aliphatic carbocycles. The molecule has 8 nitrogen and oxygen atoms in total. The van der Waals surface area contributed by atoms with Gasteiger partial charge in [-0.1, -0.05) is 19.7 Å². The number of ether oxygens (including phenoxy) is 1. The number of esters is 1. The largest absolute Gasteiger partial charge is 1.00 e. The molecule has 0 bridgehead atoms. The summed E-state index contributed by atoms with van der Waals surface area (Å²) in [5.74, 6) is -4.32. The van der Waals surface area contributed by atoms with Crippen LogP contribution in [0.2, 0.25) is 0 Å².